The maximum atomic E-state index is 14.0. The Balaban J connectivity index is 1.50. The predicted octanol–water partition coefficient (Wildman–Crippen LogP) is 3.76. The maximum absolute atomic E-state index is 14.0. The standard InChI is InChI=1S/C24H29F3N8O/c1-23(2)7-6-14(9-30-23)32-22-29-12-18(24(25,26)27)19(33-22)17-11-28-20-16(17)5-4-8-35(21(20)36)15-10-31-34(3)13-15/h10-14,28,30H,4-9H2,1-3H3,(H,29,32,33). The number of piperidine rings is 1. The summed E-state index contributed by atoms with van der Waals surface area (Å²) in [6.45, 7) is 5.32. The highest BCUT2D eigenvalue weighted by Gasteiger charge is 2.38. The largest absolute Gasteiger partial charge is 0.419 e. The summed E-state index contributed by atoms with van der Waals surface area (Å²) in [5.41, 5.74) is 0.563. The first-order valence-electron chi connectivity index (χ1n) is 12.0. The van der Waals surface area contributed by atoms with Gasteiger partial charge >= 0.3 is 6.18 Å². The van der Waals surface area contributed by atoms with Gasteiger partial charge in [0.25, 0.3) is 5.91 Å². The zero-order chi connectivity index (χ0) is 25.7. The summed E-state index contributed by atoms with van der Waals surface area (Å²) in [7, 11) is 1.76. The highest BCUT2D eigenvalue weighted by atomic mass is 19.4. The molecule has 0 aliphatic carbocycles. The number of H-pyrrole nitrogens is 1. The molecule has 3 aromatic rings. The average Bonchev–Trinajstić information content (AvgIpc) is 3.39. The summed E-state index contributed by atoms with van der Waals surface area (Å²) >= 11 is 0. The summed E-state index contributed by atoms with van der Waals surface area (Å²) in [4.78, 5) is 26.2. The number of amides is 1. The van der Waals surface area contributed by atoms with Gasteiger partial charge in [-0.1, -0.05) is 0 Å². The third-order valence-corrected chi connectivity index (χ3v) is 6.89. The number of hydrogen-bond donors (Lipinski definition) is 3. The fourth-order valence-corrected chi connectivity index (χ4v) is 4.85. The Bertz CT molecular complexity index is 1270. The van der Waals surface area contributed by atoms with E-state index in [1.165, 1.54) is 6.20 Å². The van der Waals surface area contributed by atoms with Crippen molar-refractivity contribution in [3.8, 4) is 11.3 Å². The first kappa shape index (κ1) is 24.3. The minimum atomic E-state index is -4.65. The number of aromatic amines is 1. The molecule has 0 spiro atoms. The number of aryl methyl sites for hydroxylation is 1. The minimum absolute atomic E-state index is 0.000527. The fraction of sp³-hybridized carbons (Fsp3) is 0.500. The third kappa shape index (κ3) is 4.69. The maximum Gasteiger partial charge on any atom is 0.419 e. The first-order valence-corrected chi connectivity index (χ1v) is 12.0. The van der Waals surface area contributed by atoms with Crippen LogP contribution in [-0.2, 0) is 19.6 Å². The summed E-state index contributed by atoms with van der Waals surface area (Å²) in [6, 6.07) is 0.000527. The Hall–Kier alpha value is -3.41. The fourth-order valence-electron chi connectivity index (χ4n) is 4.85. The zero-order valence-corrected chi connectivity index (χ0v) is 20.4. The molecule has 3 N–H and O–H groups in total. The van der Waals surface area contributed by atoms with Crippen LogP contribution >= 0.6 is 0 Å². The number of carbonyl (C=O) groups is 1. The van der Waals surface area contributed by atoms with Gasteiger partial charge in [-0.05, 0) is 45.1 Å². The quantitative estimate of drug-likeness (QED) is 0.502. The van der Waals surface area contributed by atoms with E-state index in [-0.39, 0.29) is 40.4 Å². The highest BCUT2D eigenvalue weighted by Crippen LogP contribution is 2.39. The van der Waals surface area contributed by atoms with Gasteiger partial charge in [0.15, 0.2) is 0 Å². The first-order chi connectivity index (χ1) is 17.0. The van der Waals surface area contributed by atoms with Gasteiger partial charge in [-0.25, -0.2) is 9.97 Å². The molecule has 1 amide bonds. The van der Waals surface area contributed by atoms with E-state index in [1.54, 1.807) is 29.0 Å². The van der Waals surface area contributed by atoms with Gasteiger partial charge in [0.05, 0.1) is 17.6 Å². The molecule has 0 bridgehead atoms. The van der Waals surface area contributed by atoms with Gasteiger partial charge in [-0.2, -0.15) is 18.3 Å². The van der Waals surface area contributed by atoms with E-state index in [2.05, 4.69) is 44.5 Å². The van der Waals surface area contributed by atoms with Crippen LogP contribution in [0.25, 0.3) is 11.3 Å². The lowest BCUT2D eigenvalue weighted by Gasteiger charge is -2.36. The van der Waals surface area contributed by atoms with Gasteiger partial charge < -0.3 is 20.5 Å². The van der Waals surface area contributed by atoms with Crippen LogP contribution in [0.2, 0.25) is 0 Å². The Labute approximate surface area is 206 Å². The molecule has 3 aromatic heterocycles. The molecule has 5 heterocycles. The van der Waals surface area contributed by atoms with Crippen molar-refractivity contribution in [1.29, 1.82) is 0 Å². The van der Waals surface area contributed by atoms with Crippen LogP contribution in [0.15, 0.2) is 24.8 Å². The zero-order valence-electron chi connectivity index (χ0n) is 20.4. The second-order valence-corrected chi connectivity index (χ2v) is 10.1. The van der Waals surface area contributed by atoms with Crippen molar-refractivity contribution in [2.75, 3.05) is 23.3 Å². The summed E-state index contributed by atoms with van der Waals surface area (Å²) in [5.74, 6) is -0.171. The molecule has 192 valence electrons. The highest BCUT2D eigenvalue weighted by molar-refractivity contribution is 6.07. The van der Waals surface area contributed by atoms with Crippen molar-refractivity contribution < 1.29 is 18.0 Å². The number of hydrogen-bond acceptors (Lipinski definition) is 6. The molecule has 36 heavy (non-hydrogen) atoms. The van der Waals surface area contributed by atoms with Gasteiger partial charge in [0, 0.05) is 55.9 Å². The van der Waals surface area contributed by atoms with E-state index < -0.39 is 11.7 Å². The lowest BCUT2D eigenvalue weighted by atomic mass is 9.91. The van der Waals surface area contributed by atoms with Gasteiger partial charge in [-0.15, -0.1) is 0 Å². The minimum Gasteiger partial charge on any atom is -0.356 e. The molecule has 12 heteroatoms. The number of carbonyl (C=O) groups excluding carboxylic acids is 1. The number of nitrogens with one attached hydrogen (secondary N) is 3. The van der Waals surface area contributed by atoms with Crippen LogP contribution in [0.1, 0.15) is 54.7 Å². The third-order valence-electron chi connectivity index (χ3n) is 6.89. The molecule has 1 saturated heterocycles. The van der Waals surface area contributed by atoms with Crippen molar-refractivity contribution in [3.63, 3.8) is 0 Å². The van der Waals surface area contributed by atoms with Crippen LogP contribution in [0, 0.1) is 0 Å². The molecule has 1 fully saturated rings. The molecular formula is C24H29F3N8O. The van der Waals surface area contributed by atoms with Gasteiger partial charge in [-0.3, -0.25) is 9.48 Å². The summed E-state index contributed by atoms with van der Waals surface area (Å²) < 4.78 is 43.6. The molecule has 0 saturated carbocycles. The van der Waals surface area contributed by atoms with Crippen LogP contribution in [0.4, 0.5) is 24.8 Å². The Morgan fingerprint density at radius 2 is 2.06 bits per heavy atom. The number of halogens is 3. The second kappa shape index (κ2) is 8.91. The molecule has 1 atom stereocenters. The van der Waals surface area contributed by atoms with E-state index in [0.29, 0.717) is 37.2 Å². The van der Waals surface area contributed by atoms with Crippen molar-refractivity contribution >= 4 is 17.5 Å². The monoisotopic (exact) mass is 502 g/mol. The normalized spacial score (nSPS) is 20.2. The van der Waals surface area contributed by atoms with Gasteiger partial charge in [0.1, 0.15) is 11.3 Å². The predicted molar refractivity (Wildman–Crippen MR) is 129 cm³/mol. The molecule has 0 aromatic carbocycles. The van der Waals surface area contributed by atoms with Crippen LogP contribution in [-0.4, -0.2) is 55.3 Å². The van der Waals surface area contributed by atoms with Crippen molar-refractivity contribution in [2.45, 2.75) is 57.3 Å². The molecule has 9 nitrogen and oxygen atoms in total. The van der Waals surface area contributed by atoms with Crippen LogP contribution < -0.4 is 15.5 Å². The smallest absolute Gasteiger partial charge is 0.356 e. The number of anilines is 2. The lowest BCUT2D eigenvalue weighted by Crippen LogP contribution is -2.50. The van der Waals surface area contributed by atoms with E-state index in [4.69, 9.17) is 0 Å². The van der Waals surface area contributed by atoms with Crippen LogP contribution in [0.3, 0.4) is 0 Å². The van der Waals surface area contributed by atoms with Crippen molar-refractivity contribution in [3.05, 3.63) is 41.6 Å². The Morgan fingerprint density at radius 1 is 1.25 bits per heavy atom. The van der Waals surface area contributed by atoms with E-state index >= 15 is 0 Å². The van der Waals surface area contributed by atoms with E-state index in [0.717, 1.165) is 19.0 Å². The van der Waals surface area contributed by atoms with Crippen molar-refractivity contribution in [1.82, 2.24) is 30.0 Å². The number of nitrogens with zero attached hydrogens (tertiary/aromatic N) is 5. The van der Waals surface area contributed by atoms with E-state index in [9.17, 15) is 18.0 Å². The summed E-state index contributed by atoms with van der Waals surface area (Å²) in [6.07, 6.45) is 3.73. The molecule has 1 unspecified atom stereocenters. The average molecular weight is 503 g/mol. The topological polar surface area (TPSA) is 104 Å². The molecule has 2 aliphatic rings. The number of rotatable bonds is 4. The molecule has 2 aliphatic heterocycles. The van der Waals surface area contributed by atoms with Crippen molar-refractivity contribution in [2.24, 2.45) is 7.05 Å². The number of fused-ring (bicyclic) bond motifs is 1. The summed E-state index contributed by atoms with van der Waals surface area (Å²) in [5, 5.41) is 10.7. The number of aromatic nitrogens is 5. The molecular weight excluding hydrogens is 473 g/mol. The number of alkyl halides is 3. The lowest BCUT2D eigenvalue weighted by molar-refractivity contribution is -0.137. The van der Waals surface area contributed by atoms with Gasteiger partial charge in [0.2, 0.25) is 5.95 Å². The van der Waals surface area contributed by atoms with Crippen LogP contribution in [0.5, 0.6) is 0 Å². The van der Waals surface area contributed by atoms with E-state index in [1.807, 2.05) is 0 Å². The Kier molecular flexibility index (Phi) is 6.01. The SMILES string of the molecule is Cn1cc(N2CCCc3c(-c4nc(NC5CCC(C)(C)NC5)ncc4C(F)(F)F)c[nH]c3C2=O)cn1. The second-order valence-electron chi connectivity index (χ2n) is 10.1. The Morgan fingerprint density at radius 3 is 2.72 bits per heavy atom. The molecule has 0 radical (unpaired) electrons. The molecule has 5 rings (SSSR count).